The molecular formula is C32H39F2N5O11. The van der Waals surface area contributed by atoms with Crippen molar-refractivity contribution in [2.24, 2.45) is 0 Å². The van der Waals surface area contributed by atoms with Crippen LogP contribution in [0.3, 0.4) is 0 Å². The van der Waals surface area contributed by atoms with Crippen molar-refractivity contribution in [1.82, 2.24) is 25.4 Å². The summed E-state index contributed by atoms with van der Waals surface area (Å²) in [6, 6.07) is 5.89. The molecule has 4 amide bonds. The summed E-state index contributed by atoms with van der Waals surface area (Å²) >= 11 is 0. The Morgan fingerprint density at radius 3 is 2.22 bits per heavy atom. The molecule has 1 aromatic carbocycles. The van der Waals surface area contributed by atoms with Crippen molar-refractivity contribution in [1.29, 1.82) is 0 Å². The van der Waals surface area contributed by atoms with E-state index in [2.05, 4.69) is 26.6 Å². The van der Waals surface area contributed by atoms with E-state index in [0.717, 1.165) is 62.3 Å². The number of methoxy groups -OCH3 is 2. The second-order valence-electron chi connectivity index (χ2n) is 11.2. The van der Waals surface area contributed by atoms with Gasteiger partial charge in [0.25, 0.3) is 0 Å². The minimum atomic E-state index is -2.27. The molecule has 0 bridgehead atoms. The highest BCUT2D eigenvalue weighted by molar-refractivity contribution is 6.01. The monoisotopic (exact) mass is 707 g/mol. The summed E-state index contributed by atoms with van der Waals surface area (Å²) in [6.45, 7) is 2.66. The molecule has 2 aliphatic rings. The van der Waals surface area contributed by atoms with Crippen LogP contribution < -0.4 is 10.6 Å². The third-order valence-electron chi connectivity index (χ3n) is 7.93. The number of nitrogens with one attached hydrogen (secondary N) is 2. The molecule has 272 valence electrons. The molecule has 16 nitrogen and oxygen atoms in total. The van der Waals surface area contributed by atoms with Gasteiger partial charge in [0.2, 0.25) is 0 Å². The van der Waals surface area contributed by atoms with Gasteiger partial charge in [-0.25, -0.2) is 37.7 Å². The molecule has 0 spiro atoms. The SMILES string of the molecule is COCC1=C(C(=O)OC)[C@H](c2ccc(F)c(F)c2)N(C(=O)NCCCN2CCC(c3ccccn3)CC2)C(=O)N1.O=C(O)[C@H](O)[C@@H](O)C(=O)O. The molecule has 0 unspecified atom stereocenters. The van der Waals surface area contributed by atoms with E-state index >= 15 is 0 Å². The number of nitrogens with zero attached hydrogens (tertiary/aromatic N) is 3. The highest BCUT2D eigenvalue weighted by Gasteiger charge is 2.43. The van der Waals surface area contributed by atoms with Gasteiger partial charge in [0.15, 0.2) is 23.8 Å². The summed E-state index contributed by atoms with van der Waals surface area (Å²) in [4.78, 5) is 66.2. The lowest BCUT2D eigenvalue weighted by molar-refractivity contribution is -0.165. The number of carbonyl (C=O) groups is 5. The Morgan fingerprint density at radius 1 is 1.02 bits per heavy atom. The van der Waals surface area contributed by atoms with Crippen LogP contribution in [0.15, 0.2) is 53.9 Å². The number of hydrogen-bond donors (Lipinski definition) is 6. The fourth-order valence-electron chi connectivity index (χ4n) is 5.40. The first-order valence-electron chi connectivity index (χ1n) is 15.4. The molecule has 2 aliphatic heterocycles. The molecular weight excluding hydrogens is 668 g/mol. The fraction of sp³-hybridized carbons (Fsp3) is 0.438. The summed E-state index contributed by atoms with van der Waals surface area (Å²) in [5, 5.41) is 37.7. The molecule has 6 N–H and O–H groups in total. The van der Waals surface area contributed by atoms with Crippen LogP contribution >= 0.6 is 0 Å². The van der Waals surface area contributed by atoms with E-state index in [4.69, 9.17) is 29.9 Å². The minimum absolute atomic E-state index is 0.0219. The Balaban J connectivity index is 0.000000588. The number of pyridine rings is 1. The topological polar surface area (TPSA) is 228 Å². The van der Waals surface area contributed by atoms with Crippen molar-refractivity contribution in [3.63, 3.8) is 0 Å². The number of piperidine rings is 1. The predicted molar refractivity (Wildman–Crippen MR) is 168 cm³/mol. The Labute approximate surface area is 285 Å². The van der Waals surface area contributed by atoms with E-state index in [0.29, 0.717) is 12.3 Å². The van der Waals surface area contributed by atoms with Crippen molar-refractivity contribution in [3.8, 4) is 0 Å². The summed E-state index contributed by atoms with van der Waals surface area (Å²) in [5.74, 6) is -6.25. The van der Waals surface area contributed by atoms with E-state index in [1.165, 1.54) is 13.2 Å². The predicted octanol–water partition coefficient (Wildman–Crippen LogP) is 1.36. The highest BCUT2D eigenvalue weighted by Crippen LogP contribution is 2.35. The van der Waals surface area contributed by atoms with E-state index in [1.54, 1.807) is 0 Å². The Hall–Kier alpha value is -5.04. The number of esters is 1. The smallest absolute Gasteiger partial charge is 0.338 e. The van der Waals surface area contributed by atoms with E-state index in [1.807, 2.05) is 18.3 Å². The third-order valence-corrected chi connectivity index (χ3v) is 7.93. The number of aliphatic carboxylic acids is 2. The Kier molecular flexibility index (Phi) is 14.7. The number of ether oxygens (including phenoxy) is 2. The number of imide groups is 1. The van der Waals surface area contributed by atoms with Crippen LogP contribution in [0.2, 0.25) is 0 Å². The van der Waals surface area contributed by atoms with Crippen molar-refractivity contribution >= 4 is 30.0 Å². The number of carboxylic acids is 2. The number of aromatic nitrogens is 1. The molecule has 3 atom stereocenters. The zero-order valence-corrected chi connectivity index (χ0v) is 27.3. The molecule has 50 heavy (non-hydrogen) atoms. The van der Waals surface area contributed by atoms with Crippen LogP contribution in [0, 0.1) is 11.6 Å². The van der Waals surface area contributed by atoms with Crippen LogP contribution in [0.4, 0.5) is 18.4 Å². The average molecular weight is 708 g/mol. The summed E-state index contributed by atoms with van der Waals surface area (Å²) in [5.41, 5.74) is 1.07. The second kappa shape index (κ2) is 18.6. The largest absolute Gasteiger partial charge is 0.479 e. The average Bonchev–Trinajstić information content (AvgIpc) is 3.11. The van der Waals surface area contributed by atoms with Crippen molar-refractivity contribution < 1.29 is 62.7 Å². The third kappa shape index (κ3) is 10.2. The first kappa shape index (κ1) is 39.4. The van der Waals surface area contributed by atoms with E-state index < -0.39 is 59.9 Å². The van der Waals surface area contributed by atoms with Gasteiger partial charge >= 0.3 is 30.0 Å². The van der Waals surface area contributed by atoms with Gasteiger partial charge in [0, 0.05) is 31.5 Å². The van der Waals surface area contributed by atoms with Crippen LogP contribution in [0.5, 0.6) is 0 Å². The summed E-state index contributed by atoms with van der Waals surface area (Å²) in [6.07, 6.45) is -0.0962. The molecule has 18 heteroatoms. The van der Waals surface area contributed by atoms with E-state index in [9.17, 15) is 32.8 Å². The Bertz CT molecular complexity index is 1540. The van der Waals surface area contributed by atoms with Crippen LogP contribution in [0.25, 0.3) is 0 Å². The van der Waals surface area contributed by atoms with Gasteiger partial charge in [-0.05, 0) is 68.7 Å². The van der Waals surface area contributed by atoms with Gasteiger partial charge in [-0.2, -0.15) is 0 Å². The van der Waals surface area contributed by atoms with Gasteiger partial charge < -0.3 is 45.4 Å². The maximum absolute atomic E-state index is 14.2. The number of hydrogen-bond acceptors (Lipinski definition) is 11. The molecule has 0 saturated carbocycles. The van der Waals surface area contributed by atoms with Crippen LogP contribution in [-0.4, -0.2) is 124 Å². The van der Waals surface area contributed by atoms with E-state index in [-0.39, 0.29) is 30.0 Å². The molecule has 1 fully saturated rings. The number of amides is 4. The number of aliphatic hydroxyl groups is 2. The standard InChI is InChI=1S/C28H33F2N5O5.C4H6O6/c1-39-17-23-24(26(36)40-2)25(19-7-8-20(29)21(30)16-19)35(28(38)33-23)27(37)32-12-5-13-34-14-9-18(10-15-34)22-6-3-4-11-31-22;5-1(3(7)8)2(6)4(9)10/h3-4,6-8,11,16,18,25H,5,9-10,12-15,17H2,1-2H3,(H,32,37)(H,33,38);1-2,5-6H,(H,7,8)(H,9,10)/t25-;1-,2-/m01/s1. The van der Waals surface area contributed by atoms with Crippen molar-refractivity contribution in [2.75, 3.05) is 47.0 Å². The molecule has 1 saturated heterocycles. The summed E-state index contributed by atoms with van der Waals surface area (Å²) < 4.78 is 37.9. The van der Waals surface area contributed by atoms with Gasteiger partial charge in [-0.3, -0.25) is 4.98 Å². The lowest BCUT2D eigenvalue weighted by Gasteiger charge is -2.36. The van der Waals surface area contributed by atoms with Gasteiger partial charge in [-0.1, -0.05) is 12.1 Å². The zero-order chi connectivity index (χ0) is 37.0. The molecule has 0 aliphatic carbocycles. The molecule has 3 heterocycles. The number of urea groups is 2. The fourth-order valence-corrected chi connectivity index (χ4v) is 5.40. The lowest BCUT2D eigenvalue weighted by Crippen LogP contribution is -2.55. The number of rotatable bonds is 12. The van der Waals surface area contributed by atoms with Crippen LogP contribution in [0.1, 0.15) is 42.5 Å². The number of carbonyl (C=O) groups excluding carboxylic acids is 3. The maximum atomic E-state index is 14.2. The molecule has 4 rings (SSSR count). The van der Waals surface area contributed by atoms with Gasteiger partial charge in [0.1, 0.15) is 6.04 Å². The zero-order valence-electron chi connectivity index (χ0n) is 27.3. The van der Waals surface area contributed by atoms with Crippen molar-refractivity contribution in [3.05, 3.63) is 76.8 Å². The summed E-state index contributed by atoms with van der Waals surface area (Å²) in [7, 11) is 2.50. The number of carboxylic acid groups (broad SMARTS) is 2. The lowest BCUT2D eigenvalue weighted by atomic mass is 9.93. The number of aliphatic hydroxyl groups excluding tert-OH is 2. The second-order valence-corrected chi connectivity index (χ2v) is 11.2. The maximum Gasteiger partial charge on any atom is 0.338 e. The normalized spacial score (nSPS) is 17.9. The first-order valence-corrected chi connectivity index (χ1v) is 15.4. The van der Waals surface area contributed by atoms with Gasteiger partial charge in [-0.15, -0.1) is 0 Å². The van der Waals surface area contributed by atoms with Crippen LogP contribution in [-0.2, 0) is 23.9 Å². The quantitative estimate of drug-likeness (QED) is 0.135. The highest BCUT2D eigenvalue weighted by atomic mass is 19.2. The number of halogens is 2. The Morgan fingerprint density at radius 2 is 1.68 bits per heavy atom. The number of benzene rings is 1. The minimum Gasteiger partial charge on any atom is -0.479 e. The molecule has 1 aromatic heterocycles. The number of likely N-dealkylation sites (tertiary alicyclic amines) is 1. The first-order chi connectivity index (χ1) is 23.8. The molecule has 0 radical (unpaired) electrons. The molecule has 2 aromatic rings. The van der Waals surface area contributed by atoms with Crippen molar-refractivity contribution in [2.45, 2.75) is 43.4 Å². The van der Waals surface area contributed by atoms with Gasteiger partial charge in [0.05, 0.1) is 25.0 Å².